The maximum Gasteiger partial charge on any atom is 0.308 e. The molecule has 5 atom stereocenters. The number of hydrogen-bond acceptors (Lipinski definition) is 2. The van der Waals surface area contributed by atoms with Crippen LogP contribution in [0.1, 0.15) is 66.2 Å². The molecule has 0 aromatic carbocycles. The topological polar surface area (TPSA) is 26.3 Å². The van der Waals surface area contributed by atoms with Crippen LogP contribution < -0.4 is 0 Å². The van der Waals surface area contributed by atoms with Crippen LogP contribution in [0.5, 0.6) is 0 Å². The Balaban J connectivity index is 1.88. The van der Waals surface area contributed by atoms with Crippen molar-refractivity contribution >= 4 is 5.97 Å². The van der Waals surface area contributed by atoms with Crippen molar-refractivity contribution in [2.45, 2.75) is 71.8 Å². The Hall–Kier alpha value is -0.530. The average Bonchev–Trinajstić information content (AvgIpc) is 2.38. The number of hydrogen-bond donors (Lipinski definition) is 0. The lowest BCUT2D eigenvalue weighted by Gasteiger charge is -2.58. The molecule has 0 aromatic rings. The average molecular weight is 278 g/mol. The van der Waals surface area contributed by atoms with Gasteiger partial charge >= 0.3 is 5.97 Å². The van der Waals surface area contributed by atoms with Crippen LogP contribution >= 0.6 is 0 Å². The van der Waals surface area contributed by atoms with E-state index < -0.39 is 0 Å². The lowest BCUT2D eigenvalue weighted by Crippen LogP contribution is -2.57. The highest BCUT2D eigenvalue weighted by Crippen LogP contribution is 2.58. The number of ether oxygens (including phenoxy) is 1. The van der Waals surface area contributed by atoms with Crippen LogP contribution in [0.3, 0.4) is 0 Å². The van der Waals surface area contributed by atoms with Crippen LogP contribution in [0.2, 0.25) is 0 Å². The van der Waals surface area contributed by atoms with Crippen molar-refractivity contribution in [2.24, 2.45) is 35.5 Å². The molecule has 3 aliphatic carbocycles. The molecule has 5 unspecified atom stereocenters. The predicted molar refractivity (Wildman–Crippen MR) is 80.2 cm³/mol. The third-order valence-corrected chi connectivity index (χ3v) is 6.47. The van der Waals surface area contributed by atoms with E-state index in [-0.39, 0.29) is 17.5 Å². The number of carbonyl (C=O) groups excluding carboxylic acids is 1. The molecule has 0 radical (unpaired) electrons. The Morgan fingerprint density at radius 2 is 1.80 bits per heavy atom. The zero-order valence-electron chi connectivity index (χ0n) is 13.5. The maximum absolute atomic E-state index is 12.3. The third-order valence-electron chi connectivity index (χ3n) is 6.47. The van der Waals surface area contributed by atoms with Gasteiger partial charge in [-0.25, -0.2) is 0 Å². The van der Waals surface area contributed by atoms with Crippen molar-refractivity contribution in [1.29, 1.82) is 0 Å². The molecule has 0 amide bonds. The van der Waals surface area contributed by atoms with Gasteiger partial charge in [-0.1, -0.05) is 34.1 Å². The third kappa shape index (κ3) is 2.19. The molecular formula is C18H30O2. The monoisotopic (exact) mass is 278 g/mol. The van der Waals surface area contributed by atoms with Crippen LogP contribution in [0.4, 0.5) is 0 Å². The zero-order chi connectivity index (χ0) is 14.5. The van der Waals surface area contributed by atoms with Crippen LogP contribution in [0, 0.1) is 35.5 Å². The molecule has 3 aliphatic rings. The summed E-state index contributed by atoms with van der Waals surface area (Å²) in [4.78, 5) is 12.3. The summed E-state index contributed by atoms with van der Waals surface area (Å²) >= 11 is 0. The molecule has 3 bridgehead atoms. The van der Waals surface area contributed by atoms with Gasteiger partial charge in [0.2, 0.25) is 0 Å². The Labute approximate surface area is 123 Å². The van der Waals surface area contributed by atoms with Gasteiger partial charge in [0.1, 0.15) is 5.60 Å². The highest BCUT2D eigenvalue weighted by Gasteiger charge is 2.56. The van der Waals surface area contributed by atoms with E-state index in [4.69, 9.17) is 4.74 Å². The van der Waals surface area contributed by atoms with Gasteiger partial charge in [-0.15, -0.1) is 0 Å². The first-order valence-corrected chi connectivity index (χ1v) is 8.65. The van der Waals surface area contributed by atoms with Gasteiger partial charge in [-0.3, -0.25) is 4.79 Å². The SMILES string of the molecule is CC(C)C(=O)OC1(C(C)C)CC2CCC3CC2CC1C3. The predicted octanol–water partition coefficient (Wildman–Crippen LogP) is 4.43. The second kappa shape index (κ2) is 5.03. The van der Waals surface area contributed by atoms with Gasteiger partial charge in [0, 0.05) is 0 Å². The van der Waals surface area contributed by atoms with Gasteiger partial charge in [0.05, 0.1) is 5.92 Å². The molecular weight excluding hydrogens is 248 g/mol. The van der Waals surface area contributed by atoms with Crippen molar-refractivity contribution in [3.8, 4) is 0 Å². The molecule has 3 saturated carbocycles. The molecule has 3 rings (SSSR count). The van der Waals surface area contributed by atoms with Crippen molar-refractivity contribution in [1.82, 2.24) is 0 Å². The highest BCUT2D eigenvalue weighted by molar-refractivity contribution is 5.72. The molecule has 0 aromatic heterocycles. The fourth-order valence-corrected chi connectivity index (χ4v) is 5.29. The molecule has 2 nitrogen and oxygen atoms in total. The molecule has 3 fully saturated rings. The van der Waals surface area contributed by atoms with Gasteiger partial charge in [-0.2, -0.15) is 0 Å². The maximum atomic E-state index is 12.3. The van der Waals surface area contributed by atoms with Crippen LogP contribution in [-0.4, -0.2) is 11.6 Å². The molecule has 0 heterocycles. The van der Waals surface area contributed by atoms with E-state index in [1.54, 1.807) is 0 Å². The first-order chi connectivity index (χ1) is 9.42. The van der Waals surface area contributed by atoms with E-state index in [1.807, 2.05) is 13.8 Å². The quantitative estimate of drug-likeness (QED) is 0.714. The summed E-state index contributed by atoms with van der Waals surface area (Å²) in [6.07, 6.45) is 7.98. The molecule has 0 saturated heterocycles. The first-order valence-electron chi connectivity index (χ1n) is 8.65. The standard InChI is InChI=1S/C18H30O2/c1-11(2)17(19)20-18(12(3)4)10-14-6-5-13-7-15(14)9-16(18)8-13/h11-16H,5-10H2,1-4H3. The summed E-state index contributed by atoms with van der Waals surface area (Å²) in [5.41, 5.74) is -0.165. The molecule has 114 valence electrons. The van der Waals surface area contributed by atoms with E-state index in [1.165, 1.54) is 32.1 Å². The smallest absolute Gasteiger partial charge is 0.308 e. The Morgan fingerprint density at radius 1 is 1.05 bits per heavy atom. The van der Waals surface area contributed by atoms with Crippen molar-refractivity contribution in [3.63, 3.8) is 0 Å². The second-order valence-electron chi connectivity index (χ2n) is 8.26. The number of esters is 1. The first kappa shape index (κ1) is 14.4. The lowest BCUT2D eigenvalue weighted by molar-refractivity contribution is -0.203. The summed E-state index contributed by atoms with van der Waals surface area (Å²) in [7, 11) is 0. The molecule has 0 spiro atoms. The van der Waals surface area contributed by atoms with Crippen LogP contribution in [-0.2, 0) is 9.53 Å². The molecule has 20 heavy (non-hydrogen) atoms. The second-order valence-corrected chi connectivity index (χ2v) is 8.26. The highest BCUT2D eigenvalue weighted by atomic mass is 16.6. The van der Waals surface area contributed by atoms with E-state index in [2.05, 4.69) is 13.8 Å². The van der Waals surface area contributed by atoms with Crippen molar-refractivity contribution in [2.75, 3.05) is 0 Å². The molecule has 0 N–H and O–H groups in total. The number of rotatable bonds is 3. The van der Waals surface area contributed by atoms with Crippen LogP contribution in [0.25, 0.3) is 0 Å². The minimum Gasteiger partial charge on any atom is -0.458 e. The molecule has 2 heteroatoms. The van der Waals surface area contributed by atoms with Gasteiger partial charge < -0.3 is 4.74 Å². The van der Waals surface area contributed by atoms with E-state index in [9.17, 15) is 4.79 Å². The minimum absolute atomic E-state index is 0.0101. The number of carbonyl (C=O) groups is 1. The lowest BCUT2D eigenvalue weighted by atomic mass is 9.51. The summed E-state index contributed by atoms with van der Waals surface area (Å²) in [6, 6.07) is 0. The Morgan fingerprint density at radius 3 is 2.45 bits per heavy atom. The summed E-state index contributed by atoms with van der Waals surface area (Å²) < 4.78 is 6.20. The van der Waals surface area contributed by atoms with E-state index >= 15 is 0 Å². The minimum atomic E-state index is -0.165. The summed E-state index contributed by atoms with van der Waals surface area (Å²) in [5.74, 6) is 3.71. The van der Waals surface area contributed by atoms with E-state index in [0.29, 0.717) is 11.8 Å². The Bertz CT molecular complexity index is 385. The fraction of sp³-hybridized carbons (Fsp3) is 0.944. The largest absolute Gasteiger partial charge is 0.458 e. The normalized spacial score (nSPS) is 43.1. The molecule has 0 aliphatic heterocycles. The fourth-order valence-electron chi connectivity index (χ4n) is 5.29. The van der Waals surface area contributed by atoms with Crippen molar-refractivity contribution < 1.29 is 9.53 Å². The summed E-state index contributed by atoms with van der Waals surface area (Å²) in [5, 5.41) is 0. The number of fused-ring (bicyclic) bond motifs is 2. The van der Waals surface area contributed by atoms with Gasteiger partial charge in [-0.05, 0) is 61.7 Å². The summed E-state index contributed by atoms with van der Waals surface area (Å²) in [6.45, 7) is 8.43. The zero-order valence-corrected chi connectivity index (χ0v) is 13.5. The van der Waals surface area contributed by atoms with E-state index in [0.717, 1.165) is 24.2 Å². The van der Waals surface area contributed by atoms with Crippen molar-refractivity contribution in [3.05, 3.63) is 0 Å². The van der Waals surface area contributed by atoms with Crippen LogP contribution in [0.15, 0.2) is 0 Å². The van der Waals surface area contributed by atoms with Gasteiger partial charge in [0.15, 0.2) is 0 Å². The van der Waals surface area contributed by atoms with Gasteiger partial charge in [0.25, 0.3) is 0 Å². The Kier molecular flexibility index (Phi) is 3.63.